The van der Waals surface area contributed by atoms with E-state index in [9.17, 15) is 4.79 Å². The first-order chi connectivity index (χ1) is 14.5. The number of thiazole rings is 1. The van der Waals surface area contributed by atoms with E-state index in [4.69, 9.17) is 14.2 Å². The monoisotopic (exact) mass is 424 g/mol. The second-order valence-electron chi connectivity index (χ2n) is 7.53. The molecule has 1 N–H and O–H groups in total. The van der Waals surface area contributed by atoms with Crippen molar-refractivity contribution in [2.75, 3.05) is 19.5 Å². The molecule has 1 aliphatic heterocycles. The van der Waals surface area contributed by atoms with E-state index in [0.29, 0.717) is 33.7 Å². The number of methoxy groups -OCH3 is 2. The number of fused-ring (bicyclic) bond motifs is 1. The molecule has 0 unspecified atom stereocenters. The number of hydrogen-bond acceptors (Lipinski definition) is 7. The van der Waals surface area contributed by atoms with Gasteiger partial charge in [-0.1, -0.05) is 38.1 Å². The van der Waals surface area contributed by atoms with E-state index in [-0.39, 0.29) is 0 Å². The van der Waals surface area contributed by atoms with Gasteiger partial charge in [0.2, 0.25) is 6.23 Å². The van der Waals surface area contributed by atoms with Gasteiger partial charge in [-0.15, -0.1) is 11.3 Å². The highest BCUT2D eigenvalue weighted by Crippen LogP contribution is 2.42. The van der Waals surface area contributed by atoms with Crippen LogP contribution >= 0.6 is 11.3 Å². The lowest BCUT2D eigenvalue weighted by Crippen LogP contribution is -2.10. The van der Waals surface area contributed by atoms with Crippen LogP contribution in [0, 0.1) is 5.92 Å². The van der Waals surface area contributed by atoms with Gasteiger partial charge >= 0.3 is 5.97 Å². The van der Waals surface area contributed by atoms with Crippen molar-refractivity contribution in [3.05, 3.63) is 58.5 Å². The molecule has 1 aliphatic rings. The molecule has 4 rings (SSSR count). The van der Waals surface area contributed by atoms with Crippen molar-refractivity contribution in [2.24, 2.45) is 5.92 Å². The van der Waals surface area contributed by atoms with Gasteiger partial charge in [-0.3, -0.25) is 0 Å². The van der Waals surface area contributed by atoms with Gasteiger partial charge in [-0.25, -0.2) is 9.78 Å². The number of ether oxygens (including phenoxy) is 3. The molecule has 6 nitrogen and oxygen atoms in total. The molecule has 0 fully saturated rings. The molecule has 0 bridgehead atoms. The Balaban J connectivity index is 1.54. The largest absolute Gasteiger partial charge is 0.493 e. The molecular weight excluding hydrogens is 400 g/mol. The molecule has 0 aliphatic carbocycles. The zero-order valence-corrected chi connectivity index (χ0v) is 18.2. The van der Waals surface area contributed by atoms with Crippen LogP contribution in [0.25, 0.3) is 11.3 Å². The maximum atomic E-state index is 12.4. The van der Waals surface area contributed by atoms with Crippen molar-refractivity contribution in [3.8, 4) is 22.8 Å². The number of aromatic nitrogens is 1. The van der Waals surface area contributed by atoms with Crippen LogP contribution < -0.4 is 14.8 Å². The summed E-state index contributed by atoms with van der Waals surface area (Å²) in [6, 6.07) is 12.1. The number of carbonyl (C=O) groups is 1. The van der Waals surface area contributed by atoms with Crippen LogP contribution in [0.5, 0.6) is 11.5 Å². The minimum Gasteiger partial charge on any atom is -0.493 e. The number of esters is 1. The summed E-state index contributed by atoms with van der Waals surface area (Å²) in [7, 11) is 3.04. The highest BCUT2D eigenvalue weighted by molar-refractivity contribution is 7.14. The lowest BCUT2D eigenvalue weighted by molar-refractivity contribution is 0.0435. The summed E-state index contributed by atoms with van der Waals surface area (Å²) in [4.78, 5) is 17.1. The van der Waals surface area contributed by atoms with E-state index >= 15 is 0 Å². The Morgan fingerprint density at radius 2 is 1.90 bits per heavy atom. The van der Waals surface area contributed by atoms with Crippen molar-refractivity contribution in [1.29, 1.82) is 0 Å². The zero-order valence-electron chi connectivity index (χ0n) is 17.4. The van der Waals surface area contributed by atoms with Crippen molar-refractivity contribution in [2.45, 2.75) is 26.5 Å². The van der Waals surface area contributed by atoms with Gasteiger partial charge in [-0.2, -0.15) is 0 Å². The molecule has 30 heavy (non-hydrogen) atoms. The van der Waals surface area contributed by atoms with E-state index < -0.39 is 12.2 Å². The number of carbonyl (C=O) groups excluding carboxylic acids is 1. The molecule has 2 heterocycles. The average molecular weight is 425 g/mol. The Labute approximate surface area is 179 Å². The van der Waals surface area contributed by atoms with Crippen LogP contribution in [0.4, 0.5) is 5.13 Å². The van der Waals surface area contributed by atoms with Gasteiger partial charge in [0.15, 0.2) is 16.6 Å². The molecular formula is C23H24N2O4S. The summed E-state index contributed by atoms with van der Waals surface area (Å²) >= 11 is 1.47. The molecule has 0 spiro atoms. The molecule has 0 radical (unpaired) electrons. The van der Waals surface area contributed by atoms with Crippen molar-refractivity contribution < 1.29 is 19.0 Å². The quantitative estimate of drug-likeness (QED) is 0.519. The third-order valence-electron chi connectivity index (χ3n) is 4.94. The summed E-state index contributed by atoms with van der Waals surface area (Å²) < 4.78 is 16.2. The van der Waals surface area contributed by atoms with Crippen LogP contribution in [-0.2, 0) is 11.2 Å². The van der Waals surface area contributed by atoms with Crippen LogP contribution in [0.1, 0.15) is 41.6 Å². The average Bonchev–Trinajstić information content (AvgIpc) is 3.32. The summed E-state index contributed by atoms with van der Waals surface area (Å²) in [5, 5.41) is 5.88. The van der Waals surface area contributed by atoms with E-state index in [1.54, 1.807) is 12.1 Å². The van der Waals surface area contributed by atoms with Gasteiger partial charge < -0.3 is 19.5 Å². The number of cyclic esters (lactones) is 1. The SMILES string of the molecule is COc1ccc2c(c1OC)C(=O)O[C@@H]2Nc1nc(-c2ccc(CC(C)C)cc2)cs1. The van der Waals surface area contributed by atoms with Crippen LogP contribution in [0.15, 0.2) is 41.8 Å². The summed E-state index contributed by atoms with van der Waals surface area (Å²) in [6.45, 7) is 4.43. The second-order valence-corrected chi connectivity index (χ2v) is 8.39. The maximum absolute atomic E-state index is 12.4. The Morgan fingerprint density at radius 1 is 1.13 bits per heavy atom. The Morgan fingerprint density at radius 3 is 2.57 bits per heavy atom. The van der Waals surface area contributed by atoms with E-state index in [1.807, 2.05) is 5.38 Å². The number of anilines is 1. The molecule has 3 aromatic rings. The predicted molar refractivity (Wildman–Crippen MR) is 117 cm³/mol. The fourth-order valence-electron chi connectivity index (χ4n) is 3.58. The highest BCUT2D eigenvalue weighted by Gasteiger charge is 2.36. The van der Waals surface area contributed by atoms with Gasteiger partial charge in [0.1, 0.15) is 5.56 Å². The lowest BCUT2D eigenvalue weighted by atomic mass is 10.0. The third kappa shape index (κ3) is 3.85. The standard InChI is InChI=1S/C23H24N2O4S/c1-13(2)11-14-5-7-15(8-6-14)17-12-30-23(24-17)25-21-16-9-10-18(27-3)20(28-4)19(16)22(26)29-21/h5-10,12-13,21H,11H2,1-4H3,(H,24,25)/t21-/m0/s1. The van der Waals surface area contributed by atoms with Gasteiger partial charge in [0.05, 0.1) is 19.9 Å². The molecule has 0 amide bonds. The van der Waals surface area contributed by atoms with Gasteiger partial charge in [-0.05, 0) is 30.0 Å². The van der Waals surface area contributed by atoms with E-state index in [2.05, 4.69) is 48.4 Å². The highest BCUT2D eigenvalue weighted by atomic mass is 32.1. The number of benzene rings is 2. The fraction of sp³-hybridized carbons (Fsp3) is 0.304. The summed E-state index contributed by atoms with van der Waals surface area (Å²) in [5.41, 5.74) is 4.35. The Kier molecular flexibility index (Phi) is 5.63. The predicted octanol–water partition coefficient (Wildman–Crippen LogP) is 5.31. The zero-order chi connectivity index (χ0) is 21.3. The Hall–Kier alpha value is -3.06. The molecule has 156 valence electrons. The fourth-order valence-corrected chi connectivity index (χ4v) is 4.31. The van der Waals surface area contributed by atoms with Crippen molar-refractivity contribution >= 4 is 22.4 Å². The van der Waals surface area contributed by atoms with Crippen molar-refractivity contribution in [1.82, 2.24) is 4.98 Å². The molecule has 0 saturated heterocycles. The normalized spacial score (nSPS) is 15.1. The molecule has 7 heteroatoms. The molecule has 1 aromatic heterocycles. The second kappa shape index (κ2) is 8.36. The Bertz CT molecular complexity index is 1060. The molecule has 0 saturated carbocycles. The van der Waals surface area contributed by atoms with Gasteiger partial charge in [0.25, 0.3) is 0 Å². The van der Waals surface area contributed by atoms with Crippen molar-refractivity contribution in [3.63, 3.8) is 0 Å². The number of hydrogen-bond donors (Lipinski definition) is 1. The first-order valence-corrected chi connectivity index (χ1v) is 10.6. The minimum atomic E-state index is -0.625. The smallest absolute Gasteiger partial charge is 0.344 e. The number of nitrogens with zero attached hydrogens (tertiary/aromatic N) is 1. The van der Waals surface area contributed by atoms with Crippen LogP contribution in [-0.4, -0.2) is 25.2 Å². The van der Waals surface area contributed by atoms with Crippen LogP contribution in [0.3, 0.4) is 0 Å². The summed E-state index contributed by atoms with van der Waals surface area (Å²) in [5.74, 6) is 1.05. The number of rotatable bonds is 7. The number of nitrogens with one attached hydrogen (secondary N) is 1. The van der Waals surface area contributed by atoms with E-state index in [0.717, 1.165) is 17.7 Å². The molecule has 2 aromatic carbocycles. The first-order valence-electron chi connectivity index (χ1n) is 9.77. The third-order valence-corrected chi connectivity index (χ3v) is 5.72. The summed E-state index contributed by atoms with van der Waals surface area (Å²) in [6.07, 6.45) is 0.435. The maximum Gasteiger partial charge on any atom is 0.344 e. The van der Waals surface area contributed by atoms with Crippen LogP contribution in [0.2, 0.25) is 0 Å². The first kappa shape index (κ1) is 20.2. The van der Waals surface area contributed by atoms with Gasteiger partial charge in [0, 0.05) is 16.5 Å². The molecule has 1 atom stereocenters. The lowest BCUT2D eigenvalue weighted by Gasteiger charge is -2.13. The topological polar surface area (TPSA) is 69.7 Å². The van der Waals surface area contributed by atoms with E-state index in [1.165, 1.54) is 31.1 Å². The minimum absolute atomic E-state index is 0.380.